The molecule has 2 N–H and O–H groups in total. The molecule has 0 aliphatic heterocycles. The molecule has 1 amide bonds. The van der Waals surface area contributed by atoms with Crippen LogP contribution in [0.2, 0.25) is 0 Å². The molecule has 0 spiro atoms. The zero-order chi connectivity index (χ0) is 15.4. The summed E-state index contributed by atoms with van der Waals surface area (Å²) in [6.45, 7) is 4.00. The molecule has 0 saturated carbocycles. The molecule has 2 rings (SSSR count). The van der Waals surface area contributed by atoms with Gasteiger partial charge in [-0.3, -0.25) is 9.59 Å². The average Bonchev–Trinajstić information content (AvgIpc) is 2.77. The van der Waals surface area contributed by atoms with Gasteiger partial charge in [-0.05, 0) is 24.1 Å². The number of fused-ring (bicyclic) bond motifs is 1. The number of aliphatic carboxylic acids is 1. The van der Waals surface area contributed by atoms with E-state index in [2.05, 4.69) is 10.3 Å². The molecule has 7 heteroatoms. The minimum absolute atomic E-state index is 0.00218. The van der Waals surface area contributed by atoms with Crippen LogP contribution in [0.5, 0.6) is 0 Å². The minimum Gasteiger partial charge on any atom is -0.481 e. The Balaban J connectivity index is 2.10. The summed E-state index contributed by atoms with van der Waals surface area (Å²) >= 11 is 2.63. The molecular formula is C14H16N2O3S2. The number of anilines is 1. The molecule has 112 valence electrons. The number of benzene rings is 1. The summed E-state index contributed by atoms with van der Waals surface area (Å²) in [5.41, 5.74) is 1.56. The predicted molar refractivity (Wildman–Crippen MR) is 86.1 cm³/mol. The van der Waals surface area contributed by atoms with Gasteiger partial charge in [0.2, 0.25) is 5.91 Å². The van der Waals surface area contributed by atoms with Crippen molar-refractivity contribution < 1.29 is 14.7 Å². The van der Waals surface area contributed by atoms with Gasteiger partial charge >= 0.3 is 5.97 Å². The highest BCUT2D eigenvalue weighted by atomic mass is 32.2. The highest BCUT2D eigenvalue weighted by molar-refractivity contribution is 8.01. The lowest BCUT2D eigenvalue weighted by Gasteiger charge is -2.06. The predicted octanol–water partition coefficient (Wildman–Crippen LogP) is 3.46. The second kappa shape index (κ2) is 6.91. The van der Waals surface area contributed by atoms with Crippen molar-refractivity contribution in [2.75, 3.05) is 11.1 Å². The fraction of sp³-hybridized carbons (Fsp3) is 0.357. The normalized spacial score (nSPS) is 11.0. The van der Waals surface area contributed by atoms with Gasteiger partial charge in [-0.1, -0.05) is 25.6 Å². The summed E-state index contributed by atoms with van der Waals surface area (Å²) < 4.78 is 1.66. The van der Waals surface area contributed by atoms with Crippen molar-refractivity contribution in [1.29, 1.82) is 0 Å². The Morgan fingerprint density at radius 3 is 2.86 bits per heavy atom. The fourth-order valence-electron chi connectivity index (χ4n) is 1.75. The third kappa shape index (κ3) is 4.71. The molecule has 0 aliphatic rings. The smallest absolute Gasteiger partial charge is 0.313 e. The van der Waals surface area contributed by atoms with Crippen LogP contribution in [-0.4, -0.2) is 27.7 Å². The maximum absolute atomic E-state index is 11.7. The van der Waals surface area contributed by atoms with Gasteiger partial charge in [-0.15, -0.1) is 11.3 Å². The van der Waals surface area contributed by atoms with Crippen molar-refractivity contribution in [2.45, 2.75) is 24.6 Å². The van der Waals surface area contributed by atoms with E-state index in [9.17, 15) is 9.59 Å². The van der Waals surface area contributed by atoms with E-state index >= 15 is 0 Å². The number of carbonyl (C=O) groups is 2. The molecule has 21 heavy (non-hydrogen) atoms. The molecule has 1 heterocycles. The summed E-state index contributed by atoms with van der Waals surface area (Å²) in [5, 5.41) is 11.5. The number of nitrogens with zero attached hydrogens (tertiary/aromatic N) is 1. The number of hydrogen-bond acceptors (Lipinski definition) is 5. The second-order valence-corrected chi connectivity index (χ2v) is 7.24. The first kappa shape index (κ1) is 15.8. The van der Waals surface area contributed by atoms with E-state index in [0.717, 1.165) is 20.2 Å². The Bertz CT molecular complexity index is 667. The second-order valence-electron chi connectivity index (χ2n) is 4.99. The third-order valence-electron chi connectivity index (χ3n) is 2.57. The number of amides is 1. The maximum atomic E-state index is 11.7. The van der Waals surface area contributed by atoms with Gasteiger partial charge in [0.15, 0.2) is 4.34 Å². The quantitative estimate of drug-likeness (QED) is 0.796. The zero-order valence-corrected chi connectivity index (χ0v) is 13.4. The first-order valence-electron chi connectivity index (χ1n) is 6.49. The standard InChI is InChI=1S/C14H16N2O3S2/c1-8(2)5-12(17)15-9-3-4-10-11(6-9)21-14(16-10)20-7-13(18)19/h3-4,6,8H,5,7H2,1-2H3,(H,15,17)(H,18,19). The lowest BCUT2D eigenvalue weighted by Crippen LogP contribution is -2.13. The van der Waals surface area contributed by atoms with Crippen LogP contribution in [0.3, 0.4) is 0 Å². The Morgan fingerprint density at radius 1 is 1.43 bits per heavy atom. The van der Waals surface area contributed by atoms with E-state index in [1.54, 1.807) is 0 Å². The van der Waals surface area contributed by atoms with E-state index in [0.29, 0.717) is 12.3 Å². The van der Waals surface area contributed by atoms with Crippen molar-refractivity contribution in [3.05, 3.63) is 18.2 Å². The third-order valence-corrected chi connectivity index (χ3v) is 4.71. The van der Waals surface area contributed by atoms with Crippen molar-refractivity contribution >= 4 is 50.9 Å². The Morgan fingerprint density at radius 2 is 2.19 bits per heavy atom. The Hall–Kier alpha value is -1.60. The summed E-state index contributed by atoms with van der Waals surface area (Å²) in [6, 6.07) is 5.52. The fourth-order valence-corrected chi connectivity index (χ4v) is 3.58. The van der Waals surface area contributed by atoms with E-state index in [-0.39, 0.29) is 11.7 Å². The number of thiazole rings is 1. The minimum atomic E-state index is -0.860. The first-order chi connectivity index (χ1) is 9.94. The van der Waals surface area contributed by atoms with Gasteiger partial charge in [0.1, 0.15) is 0 Å². The molecule has 0 bridgehead atoms. The van der Waals surface area contributed by atoms with Gasteiger partial charge < -0.3 is 10.4 Å². The van der Waals surface area contributed by atoms with Crippen LogP contribution in [0.4, 0.5) is 5.69 Å². The number of carbonyl (C=O) groups excluding carboxylic acids is 1. The van der Waals surface area contributed by atoms with Crippen molar-refractivity contribution in [3.8, 4) is 0 Å². The van der Waals surface area contributed by atoms with E-state index in [1.165, 1.54) is 23.1 Å². The van der Waals surface area contributed by atoms with E-state index in [4.69, 9.17) is 5.11 Å². The monoisotopic (exact) mass is 324 g/mol. The van der Waals surface area contributed by atoms with Crippen LogP contribution in [0, 0.1) is 5.92 Å². The van der Waals surface area contributed by atoms with Gasteiger partial charge in [-0.25, -0.2) is 4.98 Å². The topological polar surface area (TPSA) is 79.3 Å². The number of rotatable bonds is 6. The number of nitrogens with one attached hydrogen (secondary N) is 1. The number of hydrogen-bond donors (Lipinski definition) is 2. The summed E-state index contributed by atoms with van der Waals surface area (Å²) in [5.74, 6) is -0.552. The lowest BCUT2D eigenvalue weighted by atomic mass is 10.1. The van der Waals surface area contributed by atoms with Gasteiger partial charge in [-0.2, -0.15) is 0 Å². The number of aromatic nitrogens is 1. The van der Waals surface area contributed by atoms with E-state index in [1.807, 2.05) is 32.0 Å². The molecule has 0 atom stereocenters. The summed E-state index contributed by atoms with van der Waals surface area (Å²) in [6.07, 6.45) is 0.487. The van der Waals surface area contributed by atoms with Crippen LogP contribution < -0.4 is 5.32 Å². The molecule has 1 aromatic carbocycles. The summed E-state index contributed by atoms with van der Waals surface area (Å²) in [4.78, 5) is 26.7. The Kier molecular flexibility index (Phi) is 5.19. The number of carboxylic acids is 1. The lowest BCUT2D eigenvalue weighted by molar-refractivity contribution is -0.133. The molecule has 2 aromatic rings. The Labute approximate surface area is 130 Å². The van der Waals surface area contributed by atoms with Gasteiger partial charge in [0.05, 0.1) is 16.0 Å². The van der Waals surface area contributed by atoms with Crippen LogP contribution in [0.25, 0.3) is 10.2 Å². The molecule has 0 unspecified atom stereocenters. The van der Waals surface area contributed by atoms with Crippen LogP contribution >= 0.6 is 23.1 Å². The van der Waals surface area contributed by atoms with Gasteiger partial charge in [0.25, 0.3) is 0 Å². The highest BCUT2D eigenvalue weighted by Gasteiger charge is 2.09. The van der Waals surface area contributed by atoms with Crippen molar-refractivity contribution in [1.82, 2.24) is 4.98 Å². The van der Waals surface area contributed by atoms with Crippen molar-refractivity contribution in [3.63, 3.8) is 0 Å². The molecule has 5 nitrogen and oxygen atoms in total. The van der Waals surface area contributed by atoms with Crippen LogP contribution in [-0.2, 0) is 9.59 Å². The molecule has 1 aromatic heterocycles. The van der Waals surface area contributed by atoms with Crippen LogP contribution in [0.1, 0.15) is 20.3 Å². The molecule has 0 radical (unpaired) electrons. The maximum Gasteiger partial charge on any atom is 0.313 e. The van der Waals surface area contributed by atoms with Gasteiger partial charge in [0, 0.05) is 12.1 Å². The van der Waals surface area contributed by atoms with Crippen molar-refractivity contribution in [2.24, 2.45) is 5.92 Å². The molecule has 0 fully saturated rings. The van der Waals surface area contributed by atoms with E-state index < -0.39 is 5.97 Å². The molecular weight excluding hydrogens is 308 g/mol. The first-order valence-corrected chi connectivity index (χ1v) is 8.29. The number of carboxylic acid groups (broad SMARTS) is 1. The SMILES string of the molecule is CC(C)CC(=O)Nc1ccc2nc(SCC(=O)O)sc2c1. The highest BCUT2D eigenvalue weighted by Crippen LogP contribution is 2.31. The number of thioether (sulfide) groups is 1. The zero-order valence-electron chi connectivity index (χ0n) is 11.8. The summed E-state index contributed by atoms with van der Waals surface area (Å²) in [7, 11) is 0. The molecule has 0 saturated heterocycles. The molecule has 0 aliphatic carbocycles. The largest absolute Gasteiger partial charge is 0.481 e. The van der Waals surface area contributed by atoms with Crippen LogP contribution in [0.15, 0.2) is 22.5 Å². The average molecular weight is 324 g/mol.